The third-order valence-corrected chi connectivity index (χ3v) is 2.85. The number of anilines is 2. The summed E-state index contributed by atoms with van der Waals surface area (Å²) in [6.45, 7) is 5.98. The van der Waals surface area contributed by atoms with Crippen molar-refractivity contribution in [2.45, 2.75) is 32.9 Å². The minimum atomic E-state index is -0.563. The van der Waals surface area contributed by atoms with E-state index in [-0.39, 0.29) is 0 Å². The predicted molar refractivity (Wildman–Crippen MR) is 88.8 cm³/mol. The highest BCUT2D eigenvalue weighted by Gasteiger charge is 2.17. The molecular weight excluding hydrogens is 296 g/mol. The largest absolute Gasteiger partial charge is 0.495 e. The number of imidazole rings is 1. The van der Waals surface area contributed by atoms with E-state index in [0.29, 0.717) is 18.0 Å². The third-order valence-electron chi connectivity index (χ3n) is 2.85. The van der Waals surface area contributed by atoms with Crippen molar-refractivity contribution in [2.75, 3.05) is 17.7 Å². The van der Waals surface area contributed by atoms with Gasteiger partial charge in [0.05, 0.1) is 19.3 Å². The number of hydrogen-bond donors (Lipinski definition) is 3. The molecule has 3 N–H and O–H groups in total. The van der Waals surface area contributed by atoms with Gasteiger partial charge in [0.2, 0.25) is 0 Å². The molecule has 23 heavy (non-hydrogen) atoms. The van der Waals surface area contributed by atoms with Crippen molar-refractivity contribution < 1.29 is 14.3 Å². The number of rotatable bonds is 5. The molecule has 0 bridgehead atoms. The lowest BCUT2D eigenvalue weighted by molar-refractivity contribution is 0.0635. The summed E-state index contributed by atoms with van der Waals surface area (Å²) in [4.78, 5) is 19.1. The highest BCUT2D eigenvalue weighted by Crippen LogP contribution is 2.28. The molecule has 0 atom stereocenters. The van der Waals surface area contributed by atoms with Crippen LogP contribution in [0.15, 0.2) is 30.6 Å². The average molecular weight is 318 g/mol. The number of methoxy groups -OCH3 is 1. The van der Waals surface area contributed by atoms with Crippen molar-refractivity contribution in [3.05, 3.63) is 36.4 Å². The Morgan fingerprint density at radius 1 is 1.35 bits per heavy atom. The third kappa shape index (κ3) is 5.21. The molecule has 0 saturated carbocycles. The molecule has 0 aliphatic carbocycles. The summed E-state index contributed by atoms with van der Waals surface area (Å²) in [6.07, 6.45) is 2.93. The van der Waals surface area contributed by atoms with Gasteiger partial charge < -0.3 is 19.8 Å². The standard InChI is InChI=1S/C16H22N4O3/c1-16(2,3)23-15(21)20-12-9-11(5-6-13(12)22-4)19-10-14-17-7-8-18-14/h5-9,19H,10H2,1-4H3,(H,17,18)(H,20,21). The van der Waals surface area contributed by atoms with Crippen molar-refractivity contribution in [1.29, 1.82) is 0 Å². The summed E-state index contributed by atoms with van der Waals surface area (Å²) in [5.74, 6) is 1.38. The van der Waals surface area contributed by atoms with Gasteiger partial charge in [-0.05, 0) is 39.0 Å². The van der Waals surface area contributed by atoms with E-state index in [1.807, 2.05) is 26.8 Å². The molecule has 0 unspecified atom stereocenters. The van der Waals surface area contributed by atoms with E-state index in [2.05, 4.69) is 20.6 Å². The van der Waals surface area contributed by atoms with Crippen LogP contribution >= 0.6 is 0 Å². The van der Waals surface area contributed by atoms with Crippen LogP contribution in [-0.4, -0.2) is 28.8 Å². The fraction of sp³-hybridized carbons (Fsp3) is 0.375. The Kier molecular flexibility index (Phi) is 5.10. The van der Waals surface area contributed by atoms with Gasteiger partial charge in [0.1, 0.15) is 17.2 Å². The summed E-state index contributed by atoms with van der Waals surface area (Å²) in [6, 6.07) is 5.42. The van der Waals surface area contributed by atoms with Crippen LogP contribution in [-0.2, 0) is 11.3 Å². The van der Waals surface area contributed by atoms with Crippen LogP contribution in [0.1, 0.15) is 26.6 Å². The number of H-pyrrole nitrogens is 1. The molecule has 1 aromatic carbocycles. The molecule has 0 spiro atoms. The number of ether oxygens (including phenoxy) is 2. The number of carbonyl (C=O) groups is 1. The van der Waals surface area contributed by atoms with E-state index in [0.717, 1.165) is 11.5 Å². The van der Waals surface area contributed by atoms with Crippen molar-refractivity contribution in [3.63, 3.8) is 0 Å². The maximum absolute atomic E-state index is 11.9. The minimum absolute atomic E-state index is 0.529. The van der Waals surface area contributed by atoms with Gasteiger partial charge in [0.25, 0.3) is 0 Å². The summed E-state index contributed by atoms with van der Waals surface area (Å²) in [5.41, 5.74) is 0.798. The zero-order chi connectivity index (χ0) is 16.9. The van der Waals surface area contributed by atoms with Crippen molar-refractivity contribution in [2.24, 2.45) is 0 Å². The number of nitrogens with one attached hydrogen (secondary N) is 3. The molecule has 0 fully saturated rings. The number of aromatic nitrogens is 2. The molecule has 0 radical (unpaired) electrons. The first-order valence-corrected chi connectivity index (χ1v) is 7.27. The Balaban J connectivity index is 2.07. The molecule has 124 valence electrons. The number of nitrogens with zero attached hydrogens (tertiary/aromatic N) is 1. The summed E-state index contributed by atoms with van der Waals surface area (Å²) in [7, 11) is 1.55. The monoisotopic (exact) mass is 318 g/mol. The Morgan fingerprint density at radius 3 is 2.74 bits per heavy atom. The van der Waals surface area contributed by atoms with Gasteiger partial charge in [0, 0.05) is 18.1 Å². The van der Waals surface area contributed by atoms with Gasteiger partial charge in [-0.2, -0.15) is 0 Å². The zero-order valence-electron chi connectivity index (χ0n) is 13.8. The Labute approximate surface area is 135 Å². The maximum Gasteiger partial charge on any atom is 0.412 e. The van der Waals surface area contributed by atoms with Crippen LogP contribution in [0.25, 0.3) is 0 Å². The first-order chi connectivity index (χ1) is 10.9. The van der Waals surface area contributed by atoms with Crippen molar-refractivity contribution >= 4 is 17.5 Å². The van der Waals surface area contributed by atoms with E-state index in [1.165, 1.54) is 0 Å². The normalized spacial score (nSPS) is 11.0. The molecule has 7 nitrogen and oxygen atoms in total. The fourth-order valence-corrected chi connectivity index (χ4v) is 1.91. The number of amides is 1. The van der Waals surface area contributed by atoms with Gasteiger partial charge >= 0.3 is 6.09 Å². The van der Waals surface area contributed by atoms with E-state index in [1.54, 1.807) is 31.6 Å². The second-order valence-electron chi connectivity index (χ2n) is 5.93. The van der Waals surface area contributed by atoms with Gasteiger partial charge in [-0.25, -0.2) is 9.78 Å². The summed E-state index contributed by atoms with van der Waals surface area (Å²) >= 11 is 0. The zero-order valence-corrected chi connectivity index (χ0v) is 13.8. The molecule has 1 amide bonds. The van der Waals surface area contributed by atoms with Gasteiger partial charge in [-0.15, -0.1) is 0 Å². The Bertz CT molecular complexity index is 648. The molecular formula is C16H22N4O3. The molecule has 0 saturated heterocycles. The van der Waals surface area contributed by atoms with Crippen LogP contribution in [0.3, 0.4) is 0 Å². The molecule has 1 heterocycles. The first kappa shape index (κ1) is 16.7. The summed E-state index contributed by atoms with van der Waals surface area (Å²) in [5, 5.41) is 5.92. The number of aromatic amines is 1. The lowest BCUT2D eigenvalue weighted by atomic mass is 10.2. The quantitative estimate of drug-likeness (QED) is 0.786. The SMILES string of the molecule is COc1ccc(NCc2ncc[nH]2)cc1NC(=O)OC(C)(C)C. The van der Waals surface area contributed by atoms with Crippen LogP contribution in [0.4, 0.5) is 16.2 Å². The molecule has 0 aliphatic rings. The lowest BCUT2D eigenvalue weighted by Crippen LogP contribution is -2.27. The van der Waals surface area contributed by atoms with Crippen LogP contribution in [0.5, 0.6) is 5.75 Å². The average Bonchev–Trinajstić information content (AvgIpc) is 2.96. The van der Waals surface area contributed by atoms with Gasteiger partial charge in [-0.1, -0.05) is 0 Å². The first-order valence-electron chi connectivity index (χ1n) is 7.27. The molecule has 2 aromatic rings. The van der Waals surface area contributed by atoms with Gasteiger partial charge in [0.15, 0.2) is 0 Å². The van der Waals surface area contributed by atoms with Crippen molar-refractivity contribution in [3.8, 4) is 5.75 Å². The molecule has 2 rings (SSSR count). The van der Waals surface area contributed by atoms with Gasteiger partial charge in [-0.3, -0.25) is 5.32 Å². The Hall–Kier alpha value is -2.70. The second-order valence-corrected chi connectivity index (χ2v) is 5.93. The minimum Gasteiger partial charge on any atom is -0.495 e. The van der Waals surface area contributed by atoms with E-state index in [4.69, 9.17) is 9.47 Å². The van der Waals surface area contributed by atoms with E-state index in [9.17, 15) is 4.79 Å². The topological polar surface area (TPSA) is 88.3 Å². The van der Waals surface area contributed by atoms with E-state index >= 15 is 0 Å². The molecule has 7 heteroatoms. The van der Waals surface area contributed by atoms with Crippen LogP contribution < -0.4 is 15.4 Å². The molecule has 0 aliphatic heterocycles. The second kappa shape index (κ2) is 7.04. The van der Waals surface area contributed by atoms with Crippen molar-refractivity contribution in [1.82, 2.24) is 9.97 Å². The lowest BCUT2D eigenvalue weighted by Gasteiger charge is -2.20. The maximum atomic E-state index is 11.9. The molecule has 1 aromatic heterocycles. The number of carbonyl (C=O) groups excluding carboxylic acids is 1. The predicted octanol–water partition coefficient (Wildman–Crippen LogP) is 3.38. The highest BCUT2D eigenvalue weighted by atomic mass is 16.6. The van der Waals surface area contributed by atoms with Crippen LogP contribution in [0, 0.1) is 0 Å². The van der Waals surface area contributed by atoms with E-state index < -0.39 is 11.7 Å². The number of benzene rings is 1. The Morgan fingerprint density at radius 2 is 2.13 bits per heavy atom. The number of hydrogen-bond acceptors (Lipinski definition) is 5. The fourth-order valence-electron chi connectivity index (χ4n) is 1.91. The van der Waals surface area contributed by atoms with Crippen LogP contribution in [0.2, 0.25) is 0 Å². The smallest absolute Gasteiger partial charge is 0.412 e. The summed E-state index contributed by atoms with van der Waals surface area (Å²) < 4.78 is 10.5. The highest BCUT2D eigenvalue weighted by molar-refractivity contribution is 5.88.